The van der Waals surface area contributed by atoms with Crippen molar-refractivity contribution in [2.75, 3.05) is 11.9 Å². The summed E-state index contributed by atoms with van der Waals surface area (Å²) in [5.41, 5.74) is 1.38. The molecule has 0 spiro atoms. The Hall–Kier alpha value is -3.15. The van der Waals surface area contributed by atoms with Gasteiger partial charge in [0.05, 0.1) is 0 Å². The second kappa shape index (κ2) is 8.29. The van der Waals surface area contributed by atoms with Crippen LogP contribution in [0.2, 0.25) is 0 Å². The molecule has 0 fully saturated rings. The molecule has 26 heavy (non-hydrogen) atoms. The quantitative estimate of drug-likeness (QED) is 0.712. The molecule has 2 aromatic carbocycles. The Morgan fingerprint density at radius 3 is 2.15 bits per heavy atom. The summed E-state index contributed by atoms with van der Waals surface area (Å²) in [7, 11) is 0. The largest absolute Gasteiger partial charge is 0.480 e. The molecule has 2 aromatic rings. The average molecular weight is 354 g/mol. The Balaban J connectivity index is 1.98. The third-order valence-electron chi connectivity index (χ3n) is 3.91. The lowest BCUT2D eigenvalue weighted by Crippen LogP contribution is -2.32. The van der Waals surface area contributed by atoms with Crippen LogP contribution >= 0.6 is 0 Å². The Morgan fingerprint density at radius 1 is 0.962 bits per heavy atom. The minimum atomic E-state index is -1.11. The summed E-state index contributed by atoms with van der Waals surface area (Å²) < 4.78 is 0. The maximum Gasteiger partial charge on any atom is 0.322 e. The molecule has 0 heterocycles. The van der Waals surface area contributed by atoms with E-state index in [1.54, 1.807) is 12.1 Å². The summed E-state index contributed by atoms with van der Waals surface area (Å²) >= 11 is 0. The number of carbonyl (C=O) groups excluding carboxylic acids is 2. The summed E-state index contributed by atoms with van der Waals surface area (Å²) in [4.78, 5) is 34.8. The van der Waals surface area contributed by atoms with Crippen molar-refractivity contribution in [3.63, 3.8) is 0 Å². The van der Waals surface area contributed by atoms with E-state index in [-0.39, 0.29) is 5.91 Å². The van der Waals surface area contributed by atoms with Gasteiger partial charge in [-0.25, -0.2) is 0 Å². The maximum atomic E-state index is 12.6. The van der Waals surface area contributed by atoms with Crippen molar-refractivity contribution in [3.05, 3.63) is 65.7 Å². The van der Waals surface area contributed by atoms with Gasteiger partial charge in [0.2, 0.25) is 5.91 Å². The molecule has 2 amide bonds. The summed E-state index contributed by atoms with van der Waals surface area (Å²) in [6, 6.07) is 16.1. The summed E-state index contributed by atoms with van der Waals surface area (Å²) in [5.74, 6) is -1.71. The Labute approximate surface area is 152 Å². The highest BCUT2D eigenvalue weighted by molar-refractivity contribution is 5.98. The molecule has 136 valence electrons. The molecule has 0 aromatic heterocycles. The van der Waals surface area contributed by atoms with Gasteiger partial charge >= 0.3 is 5.97 Å². The first-order valence-electron chi connectivity index (χ1n) is 8.23. The van der Waals surface area contributed by atoms with Crippen LogP contribution in [0.4, 0.5) is 5.69 Å². The zero-order chi connectivity index (χ0) is 19.2. The fourth-order valence-electron chi connectivity index (χ4n) is 2.45. The standard InChI is InChI=1S/C20H22N2O4/c1-20(2,12-14-6-4-3-5-7-14)19(26)22-16-10-8-15(9-11-16)18(25)21-13-17(23)24/h3-11H,12-13H2,1-2H3,(H,21,25)(H,22,26)(H,23,24). The van der Waals surface area contributed by atoms with Gasteiger partial charge in [0.25, 0.3) is 5.91 Å². The van der Waals surface area contributed by atoms with E-state index in [1.807, 2.05) is 44.2 Å². The Morgan fingerprint density at radius 2 is 1.58 bits per heavy atom. The van der Waals surface area contributed by atoms with Crippen LogP contribution in [-0.2, 0) is 16.0 Å². The van der Waals surface area contributed by atoms with Crippen LogP contribution in [-0.4, -0.2) is 29.4 Å². The predicted molar refractivity (Wildman–Crippen MR) is 99.0 cm³/mol. The molecular formula is C20H22N2O4. The van der Waals surface area contributed by atoms with Crippen LogP contribution in [0.25, 0.3) is 0 Å². The van der Waals surface area contributed by atoms with Crippen LogP contribution in [0, 0.1) is 5.41 Å². The molecule has 6 heteroatoms. The van der Waals surface area contributed by atoms with E-state index in [0.29, 0.717) is 17.7 Å². The molecule has 0 bridgehead atoms. The lowest BCUT2D eigenvalue weighted by molar-refractivity contribution is -0.135. The Kier molecular flexibility index (Phi) is 6.11. The van der Waals surface area contributed by atoms with Gasteiger partial charge in [0.15, 0.2) is 0 Å². The van der Waals surface area contributed by atoms with Crippen molar-refractivity contribution < 1.29 is 19.5 Å². The van der Waals surface area contributed by atoms with E-state index in [0.717, 1.165) is 5.56 Å². The number of nitrogens with one attached hydrogen (secondary N) is 2. The van der Waals surface area contributed by atoms with E-state index < -0.39 is 23.8 Å². The molecule has 0 radical (unpaired) electrons. The highest BCUT2D eigenvalue weighted by Crippen LogP contribution is 2.24. The molecule has 0 unspecified atom stereocenters. The number of hydrogen-bond donors (Lipinski definition) is 3. The van der Waals surface area contributed by atoms with Crippen molar-refractivity contribution >= 4 is 23.5 Å². The number of amides is 2. The highest BCUT2D eigenvalue weighted by atomic mass is 16.4. The van der Waals surface area contributed by atoms with Gasteiger partial charge in [-0.15, -0.1) is 0 Å². The first-order valence-corrected chi connectivity index (χ1v) is 8.23. The lowest BCUT2D eigenvalue weighted by atomic mass is 9.84. The summed E-state index contributed by atoms with van der Waals surface area (Å²) in [5, 5.41) is 13.7. The zero-order valence-electron chi connectivity index (χ0n) is 14.8. The van der Waals surface area contributed by atoms with Crippen molar-refractivity contribution in [1.82, 2.24) is 5.32 Å². The van der Waals surface area contributed by atoms with Gasteiger partial charge in [0, 0.05) is 16.7 Å². The van der Waals surface area contributed by atoms with Gasteiger partial charge in [-0.3, -0.25) is 14.4 Å². The molecule has 0 aliphatic rings. The lowest BCUT2D eigenvalue weighted by Gasteiger charge is -2.23. The Bertz CT molecular complexity index is 783. The van der Waals surface area contributed by atoms with Crippen LogP contribution in [0.1, 0.15) is 29.8 Å². The SMILES string of the molecule is CC(C)(Cc1ccccc1)C(=O)Nc1ccc(C(=O)NCC(=O)O)cc1. The number of rotatable bonds is 7. The van der Waals surface area contributed by atoms with E-state index >= 15 is 0 Å². The van der Waals surface area contributed by atoms with E-state index in [9.17, 15) is 14.4 Å². The first-order chi connectivity index (χ1) is 12.3. The maximum absolute atomic E-state index is 12.6. The number of carboxylic acid groups (broad SMARTS) is 1. The monoisotopic (exact) mass is 354 g/mol. The molecule has 0 atom stereocenters. The number of carbonyl (C=O) groups is 3. The molecular weight excluding hydrogens is 332 g/mol. The smallest absolute Gasteiger partial charge is 0.322 e. The fourth-order valence-corrected chi connectivity index (χ4v) is 2.45. The number of anilines is 1. The topological polar surface area (TPSA) is 95.5 Å². The van der Waals surface area contributed by atoms with Gasteiger partial charge in [0.1, 0.15) is 6.54 Å². The first kappa shape index (κ1) is 19.2. The number of carboxylic acids is 1. The van der Waals surface area contributed by atoms with Crippen LogP contribution in [0.15, 0.2) is 54.6 Å². The van der Waals surface area contributed by atoms with Gasteiger partial charge in [-0.05, 0) is 36.2 Å². The van der Waals surface area contributed by atoms with E-state index in [2.05, 4.69) is 10.6 Å². The number of benzene rings is 2. The highest BCUT2D eigenvalue weighted by Gasteiger charge is 2.28. The minimum Gasteiger partial charge on any atom is -0.480 e. The molecule has 0 saturated heterocycles. The minimum absolute atomic E-state index is 0.121. The predicted octanol–water partition coefficient (Wildman–Crippen LogP) is 2.71. The average Bonchev–Trinajstić information content (AvgIpc) is 2.60. The summed E-state index contributed by atoms with van der Waals surface area (Å²) in [6.07, 6.45) is 0.606. The zero-order valence-corrected chi connectivity index (χ0v) is 14.8. The second-order valence-corrected chi connectivity index (χ2v) is 6.65. The summed E-state index contributed by atoms with van der Waals surface area (Å²) in [6.45, 7) is 3.32. The molecule has 6 nitrogen and oxygen atoms in total. The van der Waals surface area contributed by atoms with Gasteiger partial charge < -0.3 is 15.7 Å². The van der Waals surface area contributed by atoms with Crippen molar-refractivity contribution in [3.8, 4) is 0 Å². The number of aliphatic carboxylic acids is 1. The third-order valence-corrected chi connectivity index (χ3v) is 3.91. The molecule has 3 N–H and O–H groups in total. The molecule has 0 aliphatic carbocycles. The van der Waals surface area contributed by atoms with Crippen molar-refractivity contribution in [2.24, 2.45) is 5.41 Å². The van der Waals surface area contributed by atoms with Crippen molar-refractivity contribution in [2.45, 2.75) is 20.3 Å². The van der Waals surface area contributed by atoms with Gasteiger partial charge in [-0.1, -0.05) is 44.2 Å². The third kappa shape index (κ3) is 5.44. The van der Waals surface area contributed by atoms with Crippen molar-refractivity contribution in [1.29, 1.82) is 0 Å². The molecule has 0 saturated carbocycles. The van der Waals surface area contributed by atoms with E-state index in [1.165, 1.54) is 12.1 Å². The van der Waals surface area contributed by atoms with Crippen LogP contribution in [0.3, 0.4) is 0 Å². The van der Waals surface area contributed by atoms with Crippen LogP contribution in [0.5, 0.6) is 0 Å². The second-order valence-electron chi connectivity index (χ2n) is 6.65. The molecule has 2 rings (SSSR count). The number of hydrogen-bond acceptors (Lipinski definition) is 3. The molecule has 0 aliphatic heterocycles. The normalized spacial score (nSPS) is 10.8. The van der Waals surface area contributed by atoms with Crippen LogP contribution < -0.4 is 10.6 Å². The fraction of sp³-hybridized carbons (Fsp3) is 0.250. The van der Waals surface area contributed by atoms with Gasteiger partial charge in [-0.2, -0.15) is 0 Å². The van der Waals surface area contributed by atoms with E-state index in [4.69, 9.17) is 5.11 Å².